The summed E-state index contributed by atoms with van der Waals surface area (Å²) in [5.41, 5.74) is -0.355. The standard InChI is InChI=1S/C16H25ClN2O4S/c1-6-19(7-2)24(21,22)12-8-9-14(13(17)10-12)23-11-15(20)18-16(3,4)5/h8-10H,6-7,11H2,1-5H3,(H,18,20). The number of ether oxygens (including phenoxy) is 1. The fraction of sp³-hybridized carbons (Fsp3) is 0.562. The lowest BCUT2D eigenvalue weighted by Crippen LogP contribution is -2.43. The van der Waals surface area contributed by atoms with Crippen molar-refractivity contribution in [2.75, 3.05) is 19.7 Å². The van der Waals surface area contributed by atoms with Crippen LogP contribution in [0.2, 0.25) is 5.02 Å². The molecule has 0 aliphatic rings. The Hall–Kier alpha value is -1.31. The first-order chi connectivity index (χ1) is 11.0. The molecule has 6 nitrogen and oxygen atoms in total. The summed E-state index contributed by atoms with van der Waals surface area (Å²) in [5.74, 6) is -0.0161. The number of benzene rings is 1. The molecule has 0 saturated heterocycles. The molecule has 1 aromatic carbocycles. The van der Waals surface area contributed by atoms with E-state index in [-0.39, 0.29) is 33.7 Å². The fourth-order valence-electron chi connectivity index (χ4n) is 2.07. The molecule has 0 saturated carbocycles. The molecule has 0 bridgehead atoms. The van der Waals surface area contributed by atoms with Gasteiger partial charge in [-0.3, -0.25) is 4.79 Å². The number of carbonyl (C=O) groups is 1. The van der Waals surface area contributed by atoms with E-state index in [9.17, 15) is 13.2 Å². The SMILES string of the molecule is CCN(CC)S(=O)(=O)c1ccc(OCC(=O)NC(C)(C)C)c(Cl)c1. The molecule has 0 aromatic heterocycles. The number of nitrogens with one attached hydrogen (secondary N) is 1. The summed E-state index contributed by atoms with van der Waals surface area (Å²) >= 11 is 6.10. The third kappa shape index (κ3) is 5.65. The first-order valence-corrected chi connectivity index (χ1v) is 9.56. The molecule has 136 valence electrons. The zero-order valence-electron chi connectivity index (χ0n) is 14.7. The average molecular weight is 377 g/mol. The van der Waals surface area contributed by atoms with Gasteiger partial charge in [0.15, 0.2) is 6.61 Å². The highest BCUT2D eigenvalue weighted by Gasteiger charge is 2.23. The maximum atomic E-state index is 12.4. The van der Waals surface area contributed by atoms with Gasteiger partial charge in [0.25, 0.3) is 5.91 Å². The van der Waals surface area contributed by atoms with Crippen molar-refractivity contribution in [2.45, 2.75) is 45.1 Å². The van der Waals surface area contributed by atoms with Crippen LogP contribution in [0, 0.1) is 0 Å². The molecule has 1 N–H and O–H groups in total. The number of amides is 1. The van der Waals surface area contributed by atoms with Crippen molar-refractivity contribution < 1.29 is 17.9 Å². The molecular weight excluding hydrogens is 352 g/mol. The molecule has 0 fully saturated rings. The Kier molecular flexibility index (Phi) is 7.07. The zero-order valence-corrected chi connectivity index (χ0v) is 16.3. The van der Waals surface area contributed by atoms with Crippen LogP contribution in [0.15, 0.2) is 23.1 Å². The number of hydrogen-bond donors (Lipinski definition) is 1. The summed E-state index contributed by atoms with van der Waals surface area (Å²) in [6, 6.07) is 4.23. The van der Waals surface area contributed by atoms with Gasteiger partial charge in [-0.05, 0) is 39.0 Å². The lowest BCUT2D eigenvalue weighted by molar-refractivity contribution is -0.124. The smallest absolute Gasteiger partial charge is 0.258 e. The van der Waals surface area contributed by atoms with Gasteiger partial charge in [0.2, 0.25) is 10.0 Å². The van der Waals surface area contributed by atoms with Crippen LogP contribution < -0.4 is 10.1 Å². The molecular formula is C16H25ClN2O4S. The van der Waals surface area contributed by atoms with Crippen molar-refractivity contribution in [1.29, 1.82) is 0 Å². The second-order valence-corrected chi connectivity index (χ2v) is 8.61. The summed E-state index contributed by atoms with van der Waals surface area (Å²) in [5, 5.41) is 2.91. The largest absolute Gasteiger partial charge is 0.482 e. The van der Waals surface area contributed by atoms with Crippen molar-refractivity contribution in [3.63, 3.8) is 0 Å². The van der Waals surface area contributed by atoms with Crippen LogP contribution in [-0.4, -0.2) is 43.9 Å². The molecule has 0 aliphatic carbocycles. The minimum absolute atomic E-state index is 0.0997. The third-order valence-corrected chi connectivity index (χ3v) is 5.46. The van der Waals surface area contributed by atoms with Crippen LogP contribution in [0.4, 0.5) is 0 Å². The lowest BCUT2D eigenvalue weighted by atomic mass is 10.1. The van der Waals surface area contributed by atoms with Gasteiger partial charge in [-0.25, -0.2) is 8.42 Å². The number of carbonyl (C=O) groups excluding carboxylic acids is 1. The quantitative estimate of drug-likeness (QED) is 0.793. The Balaban J connectivity index is 2.87. The van der Waals surface area contributed by atoms with Crippen LogP contribution >= 0.6 is 11.6 Å². The van der Waals surface area contributed by atoms with Gasteiger partial charge in [0.05, 0.1) is 9.92 Å². The van der Waals surface area contributed by atoms with Crippen LogP contribution in [0.1, 0.15) is 34.6 Å². The summed E-state index contributed by atoms with van der Waals surface area (Å²) in [4.78, 5) is 11.9. The van der Waals surface area contributed by atoms with E-state index in [4.69, 9.17) is 16.3 Å². The van der Waals surface area contributed by atoms with Crippen LogP contribution in [0.25, 0.3) is 0 Å². The van der Waals surface area contributed by atoms with E-state index in [1.54, 1.807) is 13.8 Å². The molecule has 8 heteroatoms. The predicted octanol–water partition coefficient (Wildman–Crippen LogP) is 2.66. The maximum absolute atomic E-state index is 12.4. The summed E-state index contributed by atoms with van der Waals surface area (Å²) in [7, 11) is -3.58. The van der Waals surface area contributed by atoms with Crippen molar-refractivity contribution >= 4 is 27.5 Å². The highest BCUT2D eigenvalue weighted by molar-refractivity contribution is 7.89. The van der Waals surface area contributed by atoms with E-state index in [0.29, 0.717) is 13.1 Å². The van der Waals surface area contributed by atoms with Crippen molar-refractivity contribution in [2.24, 2.45) is 0 Å². The first kappa shape index (κ1) is 20.7. The number of sulfonamides is 1. The lowest BCUT2D eigenvalue weighted by Gasteiger charge is -2.21. The third-order valence-electron chi connectivity index (χ3n) is 3.12. The van der Waals surface area contributed by atoms with Crippen molar-refractivity contribution in [1.82, 2.24) is 9.62 Å². The second kappa shape index (κ2) is 8.18. The molecule has 1 amide bonds. The number of halogens is 1. The Morgan fingerprint density at radius 3 is 2.29 bits per heavy atom. The molecule has 0 spiro atoms. The predicted molar refractivity (Wildman–Crippen MR) is 94.9 cm³/mol. The first-order valence-electron chi connectivity index (χ1n) is 7.74. The van der Waals surface area contributed by atoms with Crippen LogP contribution in [0.3, 0.4) is 0 Å². The van der Waals surface area contributed by atoms with Gasteiger partial charge in [0.1, 0.15) is 5.75 Å². The number of rotatable bonds is 7. The van der Waals surface area contributed by atoms with Gasteiger partial charge in [-0.2, -0.15) is 4.31 Å². The van der Waals surface area contributed by atoms with E-state index in [1.807, 2.05) is 20.8 Å². The Morgan fingerprint density at radius 2 is 1.83 bits per heavy atom. The van der Waals surface area contributed by atoms with Crippen LogP contribution in [-0.2, 0) is 14.8 Å². The molecule has 0 radical (unpaired) electrons. The molecule has 0 heterocycles. The van der Waals surface area contributed by atoms with E-state index < -0.39 is 10.0 Å². The van der Waals surface area contributed by atoms with Gasteiger partial charge in [0, 0.05) is 18.6 Å². The van der Waals surface area contributed by atoms with Gasteiger partial charge in [-0.1, -0.05) is 25.4 Å². The van der Waals surface area contributed by atoms with E-state index in [1.165, 1.54) is 22.5 Å². The highest BCUT2D eigenvalue weighted by atomic mass is 35.5. The van der Waals surface area contributed by atoms with E-state index in [0.717, 1.165) is 0 Å². The summed E-state index contributed by atoms with van der Waals surface area (Å²) in [6.07, 6.45) is 0. The van der Waals surface area contributed by atoms with Crippen molar-refractivity contribution in [3.05, 3.63) is 23.2 Å². The average Bonchev–Trinajstić information content (AvgIpc) is 2.45. The monoisotopic (exact) mass is 376 g/mol. The van der Waals surface area contributed by atoms with Gasteiger partial charge < -0.3 is 10.1 Å². The second-order valence-electron chi connectivity index (χ2n) is 6.27. The normalized spacial score (nSPS) is 12.3. The zero-order chi connectivity index (χ0) is 18.5. The van der Waals surface area contributed by atoms with E-state index >= 15 is 0 Å². The highest BCUT2D eigenvalue weighted by Crippen LogP contribution is 2.28. The molecule has 0 aliphatic heterocycles. The molecule has 1 aromatic rings. The van der Waals surface area contributed by atoms with Crippen molar-refractivity contribution in [3.8, 4) is 5.75 Å². The Bertz CT molecular complexity index is 680. The minimum atomic E-state index is -3.58. The Labute approximate surface area is 149 Å². The number of nitrogens with zero attached hydrogens (tertiary/aromatic N) is 1. The molecule has 24 heavy (non-hydrogen) atoms. The van der Waals surface area contributed by atoms with Gasteiger partial charge in [-0.15, -0.1) is 0 Å². The fourth-order valence-corrected chi connectivity index (χ4v) is 3.85. The molecule has 1 rings (SSSR count). The maximum Gasteiger partial charge on any atom is 0.258 e. The number of hydrogen-bond acceptors (Lipinski definition) is 4. The summed E-state index contributed by atoms with van der Waals surface area (Å²) in [6.45, 7) is 9.70. The molecule has 0 atom stereocenters. The topological polar surface area (TPSA) is 75.7 Å². The summed E-state index contributed by atoms with van der Waals surface area (Å²) < 4.78 is 31.6. The Morgan fingerprint density at radius 1 is 1.25 bits per heavy atom. The molecule has 0 unspecified atom stereocenters. The minimum Gasteiger partial charge on any atom is -0.482 e. The van der Waals surface area contributed by atoms with E-state index in [2.05, 4.69) is 5.32 Å². The van der Waals surface area contributed by atoms with Crippen LogP contribution in [0.5, 0.6) is 5.75 Å². The van der Waals surface area contributed by atoms with Gasteiger partial charge >= 0.3 is 0 Å².